The molecule has 1 aliphatic rings. The van der Waals surface area contributed by atoms with Gasteiger partial charge in [0, 0.05) is 31.5 Å². The van der Waals surface area contributed by atoms with Crippen molar-refractivity contribution in [3.05, 3.63) is 35.4 Å². The summed E-state index contributed by atoms with van der Waals surface area (Å²) >= 11 is 0. The minimum Gasteiger partial charge on any atom is -0.355 e. The average molecular weight is 344 g/mol. The van der Waals surface area contributed by atoms with Gasteiger partial charge in [-0.2, -0.15) is 0 Å². The average Bonchev–Trinajstić information content (AvgIpc) is 2.57. The first-order chi connectivity index (χ1) is 11.8. The number of carbonyl (C=O) groups is 2. The van der Waals surface area contributed by atoms with E-state index in [0.717, 1.165) is 32.4 Å². The fraction of sp³-hybridized carbons (Fsp3) is 0.619. The summed E-state index contributed by atoms with van der Waals surface area (Å²) in [4.78, 5) is 26.5. The molecule has 0 unspecified atom stereocenters. The van der Waals surface area contributed by atoms with E-state index in [9.17, 15) is 9.59 Å². The van der Waals surface area contributed by atoms with Gasteiger partial charge in [-0.1, -0.05) is 50.6 Å². The Kier molecular flexibility index (Phi) is 6.63. The molecular formula is C21H32N2O2. The Morgan fingerprint density at radius 2 is 2.04 bits per heavy atom. The fourth-order valence-electron chi connectivity index (χ4n) is 3.24. The van der Waals surface area contributed by atoms with Gasteiger partial charge in [0.05, 0.1) is 0 Å². The zero-order chi connectivity index (χ0) is 18.4. The van der Waals surface area contributed by atoms with Gasteiger partial charge in [-0.25, -0.2) is 0 Å². The van der Waals surface area contributed by atoms with Crippen LogP contribution < -0.4 is 5.32 Å². The third kappa shape index (κ3) is 6.18. The number of benzene rings is 1. The van der Waals surface area contributed by atoms with Crippen molar-refractivity contribution in [2.75, 3.05) is 19.6 Å². The standard InChI is InChI=1S/C21H32N2O2/c1-16-7-5-8-17(13-16)10-11-19(24)23-12-6-9-18(15-23)14-22-20(25)21(2,3)4/h5,7-8,13,18H,6,9-12,14-15H2,1-4H3,(H,22,25)/t18-/m1/s1. The molecule has 0 bridgehead atoms. The Bertz CT molecular complexity index is 604. The van der Waals surface area contributed by atoms with E-state index in [1.54, 1.807) is 0 Å². The second-order valence-corrected chi connectivity index (χ2v) is 8.30. The molecule has 0 aromatic heterocycles. The van der Waals surface area contributed by atoms with E-state index in [1.165, 1.54) is 11.1 Å². The van der Waals surface area contributed by atoms with Crippen LogP contribution in [0, 0.1) is 18.3 Å². The van der Waals surface area contributed by atoms with Gasteiger partial charge < -0.3 is 10.2 Å². The lowest BCUT2D eigenvalue weighted by atomic mass is 9.94. The molecule has 4 heteroatoms. The van der Waals surface area contributed by atoms with Crippen LogP contribution >= 0.6 is 0 Å². The number of carbonyl (C=O) groups excluding carboxylic acids is 2. The topological polar surface area (TPSA) is 49.4 Å². The van der Waals surface area contributed by atoms with Gasteiger partial charge in [0.2, 0.25) is 11.8 Å². The van der Waals surface area contributed by atoms with Crippen molar-refractivity contribution in [2.45, 2.75) is 53.4 Å². The minimum absolute atomic E-state index is 0.0791. The van der Waals surface area contributed by atoms with Gasteiger partial charge >= 0.3 is 0 Å². The van der Waals surface area contributed by atoms with Crippen LogP contribution in [0.1, 0.15) is 51.2 Å². The third-order valence-electron chi connectivity index (χ3n) is 4.81. The quantitative estimate of drug-likeness (QED) is 0.891. The SMILES string of the molecule is Cc1cccc(CCC(=O)N2CCC[C@H](CNC(=O)C(C)(C)C)C2)c1. The first kappa shape index (κ1) is 19.5. The molecule has 0 spiro atoms. The fourth-order valence-corrected chi connectivity index (χ4v) is 3.24. The summed E-state index contributed by atoms with van der Waals surface area (Å²) < 4.78 is 0. The Labute approximate surface area is 152 Å². The predicted octanol–water partition coefficient (Wildman–Crippen LogP) is 3.33. The number of amides is 2. The normalized spacial score (nSPS) is 18.1. The Morgan fingerprint density at radius 3 is 2.72 bits per heavy atom. The number of likely N-dealkylation sites (tertiary alicyclic amines) is 1. The summed E-state index contributed by atoms with van der Waals surface area (Å²) in [6.07, 6.45) is 3.45. The van der Waals surface area contributed by atoms with Gasteiger partial charge in [-0.05, 0) is 37.7 Å². The maximum Gasteiger partial charge on any atom is 0.225 e. The lowest BCUT2D eigenvalue weighted by Crippen LogP contribution is -2.45. The van der Waals surface area contributed by atoms with Crippen molar-refractivity contribution in [3.63, 3.8) is 0 Å². The molecule has 0 radical (unpaired) electrons. The second kappa shape index (κ2) is 8.50. The Balaban J connectivity index is 1.79. The molecule has 1 N–H and O–H groups in total. The number of aryl methyl sites for hydroxylation is 2. The highest BCUT2D eigenvalue weighted by atomic mass is 16.2. The van der Waals surface area contributed by atoms with Crippen LogP contribution in [0.25, 0.3) is 0 Å². The summed E-state index contributed by atoms with van der Waals surface area (Å²) in [6.45, 7) is 10.1. The molecule has 4 nitrogen and oxygen atoms in total. The van der Waals surface area contributed by atoms with Gasteiger partial charge in [0.25, 0.3) is 0 Å². The first-order valence-corrected chi connectivity index (χ1v) is 9.37. The number of nitrogens with one attached hydrogen (secondary N) is 1. The molecule has 25 heavy (non-hydrogen) atoms. The molecule has 1 saturated heterocycles. The number of hydrogen-bond donors (Lipinski definition) is 1. The molecular weight excluding hydrogens is 312 g/mol. The Morgan fingerprint density at radius 1 is 1.28 bits per heavy atom. The van der Waals surface area contributed by atoms with Crippen molar-refractivity contribution >= 4 is 11.8 Å². The van der Waals surface area contributed by atoms with Gasteiger partial charge in [0.15, 0.2) is 0 Å². The van der Waals surface area contributed by atoms with E-state index < -0.39 is 0 Å². The molecule has 1 aromatic carbocycles. The van der Waals surface area contributed by atoms with Gasteiger partial charge in [-0.3, -0.25) is 9.59 Å². The van der Waals surface area contributed by atoms with Crippen LogP contribution in [0.5, 0.6) is 0 Å². The van der Waals surface area contributed by atoms with E-state index in [2.05, 4.69) is 30.4 Å². The molecule has 0 saturated carbocycles. The van der Waals surface area contributed by atoms with Crippen molar-refractivity contribution in [3.8, 4) is 0 Å². The molecule has 138 valence electrons. The van der Waals surface area contributed by atoms with Crippen LogP contribution in [0.15, 0.2) is 24.3 Å². The molecule has 2 amide bonds. The Hall–Kier alpha value is -1.84. The zero-order valence-electron chi connectivity index (χ0n) is 16.1. The number of hydrogen-bond acceptors (Lipinski definition) is 2. The summed E-state index contributed by atoms with van der Waals surface area (Å²) in [5.41, 5.74) is 2.09. The van der Waals surface area contributed by atoms with Crippen LogP contribution in [-0.4, -0.2) is 36.3 Å². The summed E-state index contributed by atoms with van der Waals surface area (Å²) in [5, 5.41) is 3.04. The molecule has 0 aliphatic carbocycles. The summed E-state index contributed by atoms with van der Waals surface area (Å²) in [7, 11) is 0. The maximum absolute atomic E-state index is 12.5. The molecule has 1 heterocycles. The van der Waals surface area contributed by atoms with Crippen molar-refractivity contribution in [1.29, 1.82) is 0 Å². The van der Waals surface area contributed by atoms with Crippen LogP contribution in [0.4, 0.5) is 0 Å². The summed E-state index contributed by atoms with van der Waals surface area (Å²) in [6, 6.07) is 8.35. The lowest BCUT2D eigenvalue weighted by molar-refractivity contribution is -0.133. The highest BCUT2D eigenvalue weighted by Crippen LogP contribution is 2.19. The predicted molar refractivity (Wildman–Crippen MR) is 101 cm³/mol. The molecule has 1 aliphatic heterocycles. The number of nitrogens with zero attached hydrogens (tertiary/aromatic N) is 1. The highest BCUT2D eigenvalue weighted by Gasteiger charge is 2.26. The van der Waals surface area contributed by atoms with Crippen LogP contribution in [-0.2, 0) is 16.0 Å². The van der Waals surface area contributed by atoms with E-state index in [-0.39, 0.29) is 17.2 Å². The second-order valence-electron chi connectivity index (χ2n) is 8.30. The lowest BCUT2D eigenvalue weighted by Gasteiger charge is -2.33. The van der Waals surface area contributed by atoms with Crippen molar-refractivity contribution < 1.29 is 9.59 Å². The molecule has 1 fully saturated rings. The van der Waals surface area contributed by atoms with Crippen molar-refractivity contribution in [1.82, 2.24) is 10.2 Å². The monoisotopic (exact) mass is 344 g/mol. The largest absolute Gasteiger partial charge is 0.355 e. The van der Waals surface area contributed by atoms with Gasteiger partial charge in [-0.15, -0.1) is 0 Å². The smallest absolute Gasteiger partial charge is 0.225 e. The zero-order valence-corrected chi connectivity index (χ0v) is 16.1. The number of rotatable bonds is 5. The van der Waals surface area contributed by atoms with Crippen LogP contribution in [0.3, 0.4) is 0 Å². The van der Waals surface area contributed by atoms with E-state index in [0.29, 0.717) is 18.9 Å². The first-order valence-electron chi connectivity index (χ1n) is 9.37. The van der Waals surface area contributed by atoms with E-state index in [1.807, 2.05) is 31.7 Å². The molecule has 2 rings (SSSR count). The molecule has 1 aromatic rings. The van der Waals surface area contributed by atoms with E-state index >= 15 is 0 Å². The summed E-state index contributed by atoms with van der Waals surface area (Å²) in [5.74, 6) is 0.673. The van der Waals surface area contributed by atoms with Crippen molar-refractivity contribution in [2.24, 2.45) is 11.3 Å². The van der Waals surface area contributed by atoms with Gasteiger partial charge in [0.1, 0.15) is 0 Å². The molecule has 1 atom stereocenters. The third-order valence-corrected chi connectivity index (χ3v) is 4.81. The van der Waals surface area contributed by atoms with Crippen LogP contribution in [0.2, 0.25) is 0 Å². The minimum atomic E-state index is -0.363. The highest BCUT2D eigenvalue weighted by molar-refractivity contribution is 5.81. The van der Waals surface area contributed by atoms with E-state index in [4.69, 9.17) is 0 Å². The maximum atomic E-state index is 12.5. The number of piperidine rings is 1.